The van der Waals surface area contributed by atoms with E-state index in [1.807, 2.05) is 32.0 Å². The summed E-state index contributed by atoms with van der Waals surface area (Å²) in [4.78, 5) is 3.73. The van der Waals surface area contributed by atoms with Crippen LogP contribution in [0.5, 0.6) is 0 Å². The molecule has 1 aromatic carbocycles. The maximum Gasteiger partial charge on any atom is 0.146 e. The largest absolute Gasteiger partial charge is 0.320 e. The van der Waals surface area contributed by atoms with Gasteiger partial charge in [-0.15, -0.1) is 0 Å². The molecular formula is C14H15FN2. The third kappa shape index (κ3) is 2.34. The second-order valence-electron chi connectivity index (χ2n) is 4.23. The van der Waals surface area contributed by atoms with Gasteiger partial charge in [-0.3, -0.25) is 4.98 Å². The van der Waals surface area contributed by atoms with E-state index in [1.54, 1.807) is 12.3 Å². The number of hydrogen-bond donors (Lipinski definition) is 1. The summed E-state index contributed by atoms with van der Waals surface area (Å²) in [5, 5.41) is 0. The molecule has 0 bridgehead atoms. The molecule has 0 fully saturated rings. The van der Waals surface area contributed by atoms with E-state index in [2.05, 4.69) is 4.98 Å². The quantitative estimate of drug-likeness (QED) is 0.861. The molecule has 1 atom stereocenters. The van der Waals surface area contributed by atoms with Gasteiger partial charge in [-0.2, -0.15) is 0 Å². The Morgan fingerprint density at radius 2 is 1.94 bits per heavy atom. The molecular weight excluding hydrogens is 215 g/mol. The molecule has 2 N–H and O–H groups in total. The van der Waals surface area contributed by atoms with Crippen molar-refractivity contribution in [3.63, 3.8) is 0 Å². The van der Waals surface area contributed by atoms with Crippen molar-refractivity contribution in [1.29, 1.82) is 0 Å². The van der Waals surface area contributed by atoms with Crippen molar-refractivity contribution in [2.24, 2.45) is 5.73 Å². The zero-order valence-corrected chi connectivity index (χ0v) is 9.94. The van der Waals surface area contributed by atoms with Crippen molar-refractivity contribution in [2.45, 2.75) is 19.9 Å². The van der Waals surface area contributed by atoms with Gasteiger partial charge in [0.25, 0.3) is 0 Å². The Bertz CT molecular complexity index is 537. The highest BCUT2D eigenvalue weighted by Gasteiger charge is 2.15. The summed E-state index contributed by atoms with van der Waals surface area (Å²) < 4.78 is 13.6. The van der Waals surface area contributed by atoms with Crippen LogP contribution >= 0.6 is 0 Å². The molecule has 0 aliphatic heterocycles. The number of pyridine rings is 1. The van der Waals surface area contributed by atoms with Crippen molar-refractivity contribution in [3.8, 4) is 0 Å². The fraction of sp³-hybridized carbons (Fsp3) is 0.214. The molecule has 2 nitrogen and oxygen atoms in total. The summed E-state index contributed by atoms with van der Waals surface area (Å²) in [6.45, 7) is 4.01. The van der Waals surface area contributed by atoms with Gasteiger partial charge in [-0.05, 0) is 31.0 Å². The predicted molar refractivity (Wildman–Crippen MR) is 66.1 cm³/mol. The Morgan fingerprint density at radius 1 is 1.18 bits per heavy atom. The number of nitrogens with zero attached hydrogens (tertiary/aromatic N) is 1. The van der Waals surface area contributed by atoms with Crippen LogP contribution < -0.4 is 5.73 Å². The molecule has 0 aliphatic rings. The Hall–Kier alpha value is -1.74. The first-order valence-corrected chi connectivity index (χ1v) is 5.51. The number of benzene rings is 1. The highest BCUT2D eigenvalue weighted by atomic mass is 19.1. The standard InChI is InChI=1S/C14H15FN2/c1-9-3-4-11(10(2)7-9)14(16)12-5-6-17-8-13(12)15/h3-8,14H,16H2,1-2H3. The van der Waals surface area contributed by atoms with E-state index in [1.165, 1.54) is 11.8 Å². The van der Waals surface area contributed by atoms with Crippen molar-refractivity contribution in [2.75, 3.05) is 0 Å². The number of nitrogens with two attached hydrogens (primary N) is 1. The third-order valence-electron chi connectivity index (χ3n) is 2.90. The van der Waals surface area contributed by atoms with Crippen LogP contribution in [-0.2, 0) is 0 Å². The fourth-order valence-electron chi connectivity index (χ4n) is 1.98. The van der Waals surface area contributed by atoms with E-state index >= 15 is 0 Å². The third-order valence-corrected chi connectivity index (χ3v) is 2.90. The molecule has 0 saturated heterocycles. The summed E-state index contributed by atoms with van der Waals surface area (Å²) in [6.07, 6.45) is 2.75. The smallest absolute Gasteiger partial charge is 0.146 e. The van der Waals surface area contributed by atoms with E-state index < -0.39 is 6.04 Å². The van der Waals surface area contributed by atoms with Crippen LogP contribution in [0.15, 0.2) is 36.7 Å². The van der Waals surface area contributed by atoms with Gasteiger partial charge >= 0.3 is 0 Å². The second kappa shape index (κ2) is 4.63. The van der Waals surface area contributed by atoms with Crippen molar-refractivity contribution >= 4 is 0 Å². The minimum absolute atomic E-state index is 0.361. The maximum absolute atomic E-state index is 13.6. The number of hydrogen-bond acceptors (Lipinski definition) is 2. The summed E-state index contributed by atoms with van der Waals surface area (Å²) >= 11 is 0. The van der Waals surface area contributed by atoms with E-state index in [-0.39, 0.29) is 5.82 Å². The molecule has 0 spiro atoms. The van der Waals surface area contributed by atoms with Gasteiger partial charge in [-0.1, -0.05) is 23.8 Å². The molecule has 17 heavy (non-hydrogen) atoms. The lowest BCUT2D eigenvalue weighted by atomic mass is 9.95. The number of aromatic nitrogens is 1. The van der Waals surface area contributed by atoms with Crippen LogP contribution in [0.3, 0.4) is 0 Å². The molecule has 88 valence electrons. The van der Waals surface area contributed by atoms with E-state index in [4.69, 9.17) is 5.73 Å². The SMILES string of the molecule is Cc1ccc(C(N)c2ccncc2F)c(C)c1. The van der Waals surface area contributed by atoms with E-state index in [9.17, 15) is 4.39 Å². The highest BCUT2D eigenvalue weighted by molar-refractivity contribution is 5.38. The molecule has 3 heteroatoms. The van der Waals surface area contributed by atoms with Gasteiger partial charge in [0.1, 0.15) is 5.82 Å². The van der Waals surface area contributed by atoms with Gasteiger partial charge in [0.2, 0.25) is 0 Å². The first-order chi connectivity index (χ1) is 8.09. The predicted octanol–water partition coefficient (Wildman–Crippen LogP) is 2.89. The molecule has 0 saturated carbocycles. The van der Waals surface area contributed by atoms with Crippen LogP contribution in [0.25, 0.3) is 0 Å². The summed E-state index contributed by atoms with van der Waals surface area (Å²) in [5.41, 5.74) is 9.78. The summed E-state index contributed by atoms with van der Waals surface area (Å²) in [6, 6.07) is 7.17. The van der Waals surface area contributed by atoms with Crippen LogP contribution in [0.1, 0.15) is 28.3 Å². The molecule has 0 radical (unpaired) electrons. The molecule has 1 heterocycles. The fourth-order valence-corrected chi connectivity index (χ4v) is 1.98. The van der Waals surface area contributed by atoms with Crippen LogP contribution in [-0.4, -0.2) is 4.98 Å². The number of halogens is 1. The minimum atomic E-state index is -0.446. The molecule has 2 rings (SSSR count). The lowest BCUT2D eigenvalue weighted by Crippen LogP contribution is -2.15. The zero-order chi connectivity index (χ0) is 12.4. The van der Waals surface area contributed by atoms with E-state index in [0.29, 0.717) is 5.56 Å². The first kappa shape index (κ1) is 11.7. The molecule has 1 aromatic heterocycles. The summed E-state index contributed by atoms with van der Waals surface area (Å²) in [7, 11) is 0. The van der Waals surface area contributed by atoms with Crippen molar-refractivity contribution < 1.29 is 4.39 Å². The maximum atomic E-state index is 13.6. The molecule has 0 amide bonds. The van der Waals surface area contributed by atoms with Gasteiger partial charge in [0, 0.05) is 11.8 Å². The lowest BCUT2D eigenvalue weighted by Gasteiger charge is -2.16. The highest BCUT2D eigenvalue weighted by Crippen LogP contribution is 2.24. The van der Waals surface area contributed by atoms with Crippen LogP contribution in [0, 0.1) is 19.7 Å². The normalized spacial score (nSPS) is 12.5. The van der Waals surface area contributed by atoms with Crippen LogP contribution in [0.2, 0.25) is 0 Å². The Morgan fingerprint density at radius 3 is 2.59 bits per heavy atom. The van der Waals surface area contributed by atoms with Gasteiger partial charge < -0.3 is 5.73 Å². The number of rotatable bonds is 2. The monoisotopic (exact) mass is 230 g/mol. The zero-order valence-electron chi connectivity index (χ0n) is 9.94. The second-order valence-corrected chi connectivity index (χ2v) is 4.23. The van der Waals surface area contributed by atoms with Gasteiger partial charge in [0.15, 0.2) is 0 Å². The topological polar surface area (TPSA) is 38.9 Å². The molecule has 2 aromatic rings. The minimum Gasteiger partial charge on any atom is -0.320 e. The van der Waals surface area contributed by atoms with Gasteiger partial charge in [0.05, 0.1) is 12.2 Å². The first-order valence-electron chi connectivity index (χ1n) is 5.51. The average molecular weight is 230 g/mol. The van der Waals surface area contributed by atoms with Gasteiger partial charge in [-0.25, -0.2) is 4.39 Å². The van der Waals surface area contributed by atoms with Crippen LogP contribution in [0.4, 0.5) is 4.39 Å². The molecule has 0 aliphatic carbocycles. The Balaban J connectivity index is 2.44. The average Bonchev–Trinajstić information content (AvgIpc) is 2.29. The summed E-state index contributed by atoms with van der Waals surface area (Å²) in [5.74, 6) is -0.361. The number of aryl methyl sites for hydroxylation is 2. The lowest BCUT2D eigenvalue weighted by molar-refractivity contribution is 0.593. The Labute approximate surface area is 100 Å². The van der Waals surface area contributed by atoms with E-state index in [0.717, 1.165) is 11.1 Å². The molecule has 1 unspecified atom stereocenters. The van der Waals surface area contributed by atoms with Crippen molar-refractivity contribution in [1.82, 2.24) is 4.98 Å². The Kier molecular flexibility index (Phi) is 3.20. The van der Waals surface area contributed by atoms with Crippen molar-refractivity contribution in [3.05, 3.63) is 64.7 Å².